The first-order valence-electron chi connectivity index (χ1n) is 12.7. The molecule has 1 aliphatic rings. The summed E-state index contributed by atoms with van der Waals surface area (Å²) in [5.41, 5.74) is 3.19. The lowest BCUT2D eigenvalue weighted by Crippen LogP contribution is -2.64. The van der Waals surface area contributed by atoms with Crippen molar-refractivity contribution in [3.63, 3.8) is 0 Å². The van der Waals surface area contributed by atoms with E-state index >= 15 is 0 Å². The highest BCUT2D eigenvalue weighted by Gasteiger charge is 2.47. The van der Waals surface area contributed by atoms with E-state index < -0.39 is 6.04 Å². The van der Waals surface area contributed by atoms with Crippen LogP contribution in [0.4, 0.5) is 0 Å². The number of nitrogens with zero attached hydrogens (tertiary/aromatic N) is 2. The van der Waals surface area contributed by atoms with Crippen LogP contribution in [0.15, 0.2) is 73.2 Å². The number of aromatic amines is 1. The summed E-state index contributed by atoms with van der Waals surface area (Å²) in [5.74, 6) is -0.121. The largest absolute Gasteiger partial charge is 0.351 e. The summed E-state index contributed by atoms with van der Waals surface area (Å²) in [6.07, 6.45) is 9.34. The number of hydrogen-bond donors (Lipinski definition) is 2. The third-order valence-corrected chi connectivity index (χ3v) is 7.02. The van der Waals surface area contributed by atoms with Crippen molar-refractivity contribution in [1.82, 2.24) is 20.2 Å². The molecule has 1 aliphatic heterocycles. The number of carbonyl (C=O) groups is 2. The Morgan fingerprint density at radius 2 is 1.77 bits per heavy atom. The van der Waals surface area contributed by atoms with Crippen LogP contribution in [0.1, 0.15) is 55.8 Å². The molecule has 6 nitrogen and oxygen atoms in total. The van der Waals surface area contributed by atoms with Gasteiger partial charge in [0.15, 0.2) is 0 Å². The lowest BCUT2D eigenvalue weighted by Gasteiger charge is -2.52. The minimum Gasteiger partial charge on any atom is -0.351 e. The summed E-state index contributed by atoms with van der Waals surface area (Å²) < 4.78 is 0. The predicted molar refractivity (Wildman–Crippen MR) is 138 cm³/mol. The lowest BCUT2D eigenvalue weighted by molar-refractivity contribution is -0.143. The van der Waals surface area contributed by atoms with Gasteiger partial charge in [0.05, 0.1) is 12.0 Å². The van der Waals surface area contributed by atoms with Crippen LogP contribution in [-0.2, 0) is 27.8 Å². The third-order valence-electron chi connectivity index (χ3n) is 7.02. The smallest absolute Gasteiger partial charge is 0.245 e. The Hall–Kier alpha value is -3.41. The molecule has 2 N–H and O–H groups in total. The van der Waals surface area contributed by atoms with Crippen molar-refractivity contribution in [3.8, 4) is 0 Å². The van der Waals surface area contributed by atoms with Gasteiger partial charge in [0.1, 0.15) is 6.04 Å². The van der Waals surface area contributed by atoms with E-state index in [9.17, 15) is 9.59 Å². The van der Waals surface area contributed by atoms with Crippen molar-refractivity contribution in [2.75, 3.05) is 13.1 Å². The van der Waals surface area contributed by atoms with Crippen LogP contribution in [-0.4, -0.2) is 45.8 Å². The van der Waals surface area contributed by atoms with Crippen molar-refractivity contribution >= 4 is 11.8 Å². The van der Waals surface area contributed by atoms with Gasteiger partial charge in [-0.25, -0.2) is 4.98 Å². The van der Waals surface area contributed by atoms with Crippen LogP contribution in [0.2, 0.25) is 0 Å². The fraction of sp³-hybridized carbons (Fsp3) is 0.414. The normalized spacial score (nSPS) is 15.3. The SMILES string of the molecule is CCCCCC1(c2ccccc2)CN(C(=O)C(Cc2ccccc2)NC(=O)CCc2c[nH]cn2)C1. The average molecular weight is 473 g/mol. The maximum absolute atomic E-state index is 13.6. The number of aromatic nitrogens is 2. The summed E-state index contributed by atoms with van der Waals surface area (Å²) in [4.78, 5) is 35.4. The average Bonchev–Trinajstić information content (AvgIpc) is 3.39. The van der Waals surface area contributed by atoms with Gasteiger partial charge < -0.3 is 15.2 Å². The molecule has 0 bridgehead atoms. The first-order chi connectivity index (χ1) is 17.1. The van der Waals surface area contributed by atoms with Gasteiger partial charge in [-0.3, -0.25) is 9.59 Å². The zero-order valence-corrected chi connectivity index (χ0v) is 20.6. The fourth-order valence-corrected chi connectivity index (χ4v) is 5.04. The molecular formula is C29H36N4O2. The molecule has 0 aliphatic carbocycles. The number of benzene rings is 2. The quantitative estimate of drug-likeness (QED) is 0.383. The van der Waals surface area contributed by atoms with E-state index in [-0.39, 0.29) is 17.2 Å². The fourth-order valence-electron chi connectivity index (χ4n) is 5.04. The number of imidazole rings is 1. The van der Waals surface area contributed by atoms with Gasteiger partial charge in [-0.05, 0) is 24.0 Å². The number of likely N-dealkylation sites (tertiary alicyclic amines) is 1. The van der Waals surface area contributed by atoms with Crippen molar-refractivity contribution in [2.45, 2.75) is 63.3 Å². The first-order valence-corrected chi connectivity index (χ1v) is 12.7. The molecule has 2 aromatic carbocycles. The molecule has 184 valence electrons. The summed E-state index contributed by atoms with van der Waals surface area (Å²) in [5, 5.41) is 3.03. The Bertz CT molecular complexity index is 1060. The molecule has 1 atom stereocenters. The monoisotopic (exact) mass is 472 g/mol. The molecule has 2 amide bonds. The van der Waals surface area contributed by atoms with Gasteiger partial charge in [0.25, 0.3) is 0 Å². The molecule has 4 rings (SSSR count). The Kier molecular flexibility index (Phi) is 8.35. The number of aryl methyl sites for hydroxylation is 1. The molecule has 35 heavy (non-hydrogen) atoms. The van der Waals surface area contributed by atoms with Crippen LogP contribution in [0, 0.1) is 0 Å². The van der Waals surface area contributed by atoms with Crippen LogP contribution in [0.3, 0.4) is 0 Å². The van der Waals surface area contributed by atoms with Crippen LogP contribution in [0.5, 0.6) is 0 Å². The highest BCUT2D eigenvalue weighted by atomic mass is 16.2. The Balaban J connectivity index is 1.44. The van der Waals surface area contributed by atoms with E-state index in [0.29, 0.717) is 32.4 Å². The van der Waals surface area contributed by atoms with Crippen molar-refractivity contribution in [3.05, 3.63) is 90.0 Å². The van der Waals surface area contributed by atoms with E-state index in [1.165, 1.54) is 18.4 Å². The summed E-state index contributed by atoms with van der Waals surface area (Å²) in [6, 6.07) is 19.9. The van der Waals surface area contributed by atoms with E-state index in [1.54, 1.807) is 12.5 Å². The molecule has 1 fully saturated rings. The maximum Gasteiger partial charge on any atom is 0.245 e. The molecule has 3 aromatic rings. The van der Waals surface area contributed by atoms with Gasteiger partial charge >= 0.3 is 0 Å². The van der Waals surface area contributed by atoms with Gasteiger partial charge in [-0.2, -0.15) is 0 Å². The van der Waals surface area contributed by atoms with Crippen molar-refractivity contribution in [2.24, 2.45) is 0 Å². The van der Waals surface area contributed by atoms with E-state index in [4.69, 9.17) is 0 Å². The standard InChI is InChI=1S/C29H36N4O2/c1-2-3-10-17-29(24-13-8-5-9-14-24)20-33(21-29)28(35)26(18-23-11-6-4-7-12-23)32-27(34)16-15-25-19-30-22-31-25/h4-9,11-14,19,22,26H,2-3,10,15-18,20-21H2,1H3,(H,30,31)(H,32,34). The number of amides is 2. The number of rotatable bonds is 12. The van der Waals surface area contributed by atoms with Crippen LogP contribution < -0.4 is 5.32 Å². The van der Waals surface area contributed by atoms with Gasteiger partial charge in [-0.15, -0.1) is 0 Å². The molecule has 1 aromatic heterocycles. The summed E-state index contributed by atoms with van der Waals surface area (Å²) >= 11 is 0. The molecule has 0 radical (unpaired) electrons. The predicted octanol–water partition coefficient (Wildman–Crippen LogP) is 4.43. The van der Waals surface area contributed by atoms with Gasteiger partial charge in [0.2, 0.25) is 11.8 Å². The molecule has 0 saturated carbocycles. The molecule has 2 heterocycles. The zero-order chi connectivity index (χ0) is 24.5. The second-order valence-corrected chi connectivity index (χ2v) is 9.67. The summed E-state index contributed by atoms with van der Waals surface area (Å²) in [6.45, 7) is 3.62. The third kappa shape index (κ3) is 6.38. The van der Waals surface area contributed by atoms with Crippen LogP contribution >= 0.6 is 0 Å². The number of nitrogens with one attached hydrogen (secondary N) is 2. The second kappa shape index (κ2) is 11.8. The second-order valence-electron chi connectivity index (χ2n) is 9.67. The van der Waals surface area contributed by atoms with E-state index in [2.05, 4.69) is 46.5 Å². The number of H-pyrrole nitrogens is 1. The van der Waals surface area contributed by atoms with Crippen LogP contribution in [0.25, 0.3) is 0 Å². The van der Waals surface area contributed by atoms with Gasteiger partial charge in [-0.1, -0.05) is 86.8 Å². The van der Waals surface area contributed by atoms with Crippen molar-refractivity contribution in [1.29, 1.82) is 0 Å². The van der Waals surface area contributed by atoms with E-state index in [1.807, 2.05) is 41.3 Å². The molecule has 1 saturated heterocycles. The Morgan fingerprint density at radius 1 is 1.06 bits per heavy atom. The lowest BCUT2D eigenvalue weighted by atomic mass is 9.70. The zero-order valence-electron chi connectivity index (χ0n) is 20.6. The minimum absolute atomic E-state index is 0.00372. The number of hydrogen-bond acceptors (Lipinski definition) is 3. The summed E-state index contributed by atoms with van der Waals surface area (Å²) in [7, 11) is 0. The molecule has 1 unspecified atom stereocenters. The molecule has 6 heteroatoms. The Morgan fingerprint density at radius 3 is 2.43 bits per heavy atom. The maximum atomic E-state index is 13.6. The molecular weight excluding hydrogens is 436 g/mol. The highest BCUT2D eigenvalue weighted by molar-refractivity contribution is 5.88. The first kappa shape index (κ1) is 24.7. The minimum atomic E-state index is -0.575. The van der Waals surface area contributed by atoms with E-state index in [0.717, 1.165) is 24.1 Å². The topological polar surface area (TPSA) is 78.1 Å². The van der Waals surface area contributed by atoms with Gasteiger partial charge in [0, 0.05) is 37.5 Å². The highest BCUT2D eigenvalue weighted by Crippen LogP contribution is 2.39. The number of carbonyl (C=O) groups excluding carboxylic acids is 2. The number of unbranched alkanes of at least 4 members (excludes halogenated alkanes) is 2. The van der Waals surface area contributed by atoms with Crippen molar-refractivity contribution < 1.29 is 9.59 Å². The Labute approximate surface area is 208 Å². The molecule has 0 spiro atoms.